The van der Waals surface area contributed by atoms with Gasteiger partial charge in [-0.1, -0.05) is 23.7 Å². The third-order valence-electron chi connectivity index (χ3n) is 6.97. The Morgan fingerprint density at radius 1 is 1.11 bits per heavy atom. The monoisotopic (exact) mass is 540 g/mol. The lowest BCUT2D eigenvalue weighted by molar-refractivity contribution is -0.180. The van der Waals surface area contributed by atoms with Gasteiger partial charge in [0.15, 0.2) is 5.79 Å². The van der Waals surface area contributed by atoms with Crippen LogP contribution >= 0.6 is 23.4 Å². The summed E-state index contributed by atoms with van der Waals surface area (Å²) in [6.45, 7) is 6.12. The van der Waals surface area contributed by atoms with Crippen molar-refractivity contribution in [2.24, 2.45) is 0 Å². The number of anilines is 1. The number of nitrogens with zero attached hydrogens (tertiary/aromatic N) is 4. The zero-order valence-electron chi connectivity index (χ0n) is 21.1. The second-order valence-corrected chi connectivity index (χ2v) is 11.2. The highest BCUT2D eigenvalue weighted by molar-refractivity contribution is 7.99. The number of aromatic nitrogens is 2. The summed E-state index contributed by atoms with van der Waals surface area (Å²) < 4.78 is 14.9. The number of ether oxygens (including phenoxy) is 2. The van der Waals surface area contributed by atoms with Crippen LogP contribution in [0, 0.1) is 0 Å². The van der Waals surface area contributed by atoms with Gasteiger partial charge in [0.1, 0.15) is 0 Å². The predicted molar refractivity (Wildman–Crippen MR) is 147 cm³/mol. The van der Waals surface area contributed by atoms with Gasteiger partial charge in [0.05, 0.1) is 25.6 Å². The first kappa shape index (κ1) is 26.1. The van der Waals surface area contributed by atoms with E-state index >= 15 is 0 Å². The molecule has 5 rings (SSSR count). The number of hydrogen-bond acceptors (Lipinski definition) is 6. The number of halogens is 1. The minimum Gasteiger partial charge on any atom is -0.368 e. The molecular formula is C28H33ClN4O3S. The van der Waals surface area contributed by atoms with E-state index in [2.05, 4.69) is 46.3 Å². The van der Waals surface area contributed by atoms with Crippen LogP contribution in [-0.2, 0) is 27.2 Å². The third kappa shape index (κ3) is 6.87. The third-order valence-corrected chi connectivity index (χ3v) is 8.36. The van der Waals surface area contributed by atoms with Gasteiger partial charge in [0, 0.05) is 73.3 Å². The molecule has 0 bridgehead atoms. The molecule has 2 saturated heterocycles. The van der Waals surface area contributed by atoms with Crippen LogP contribution in [0.25, 0.3) is 0 Å². The molecule has 0 radical (unpaired) electrons. The Morgan fingerprint density at radius 2 is 1.86 bits per heavy atom. The Balaban J connectivity index is 1.15. The molecule has 37 heavy (non-hydrogen) atoms. The number of thioether (sulfide) groups is 1. The van der Waals surface area contributed by atoms with Gasteiger partial charge < -0.3 is 23.8 Å². The molecule has 0 aliphatic carbocycles. The van der Waals surface area contributed by atoms with Crippen molar-refractivity contribution < 1.29 is 14.3 Å². The van der Waals surface area contributed by atoms with Crippen LogP contribution in [-0.4, -0.2) is 70.8 Å². The molecule has 0 N–H and O–H groups in total. The van der Waals surface area contributed by atoms with Crippen molar-refractivity contribution in [3.05, 3.63) is 77.8 Å². The minimum atomic E-state index is -0.683. The average Bonchev–Trinajstić information content (AvgIpc) is 3.58. The highest BCUT2D eigenvalue weighted by atomic mass is 35.5. The van der Waals surface area contributed by atoms with E-state index in [-0.39, 0.29) is 12.0 Å². The van der Waals surface area contributed by atoms with E-state index in [1.165, 1.54) is 16.1 Å². The Bertz CT molecular complexity index is 1150. The standard InChI is InChI=1S/C28H33ClN4O3S/c1-22(34)32-14-16-33(17-15-32)25-6-8-27(9-7-25)37-19-26-18-35-28(36-26,20-31-13-12-30-21-31)11-10-23-2-4-24(29)5-3-23/h2-9,12-13,21,26H,10-11,14-20H2,1H3/t26-,28-/m0/s1. The summed E-state index contributed by atoms with van der Waals surface area (Å²) in [7, 11) is 0. The number of benzene rings is 2. The van der Waals surface area contributed by atoms with E-state index in [0.717, 1.165) is 49.8 Å². The second-order valence-electron chi connectivity index (χ2n) is 9.62. The number of rotatable bonds is 9. The van der Waals surface area contributed by atoms with Crippen molar-refractivity contribution in [2.75, 3.05) is 43.4 Å². The van der Waals surface area contributed by atoms with Gasteiger partial charge in [0.25, 0.3) is 0 Å². The van der Waals surface area contributed by atoms with E-state index in [1.54, 1.807) is 31.2 Å². The van der Waals surface area contributed by atoms with Gasteiger partial charge >= 0.3 is 0 Å². The first-order valence-electron chi connectivity index (χ1n) is 12.7. The van der Waals surface area contributed by atoms with Crippen molar-refractivity contribution in [2.45, 2.75) is 43.1 Å². The Hall–Kier alpha value is -2.52. The maximum Gasteiger partial charge on any atom is 0.219 e. The molecule has 2 atom stereocenters. The maximum absolute atomic E-state index is 11.6. The van der Waals surface area contributed by atoms with Gasteiger partial charge in [-0.25, -0.2) is 4.98 Å². The van der Waals surface area contributed by atoms with Crippen LogP contribution < -0.4 is 4.90 Å². The average molecular weight is 541 g/mol. The number of piperazine rings is 1. The molecule has 0 saturated carbocycles. The summed E-state index contributed by atoms with van der Waals surface area (Å²) in [6, 6.07) is 16.7. The van der Waals surface area contributed by atoms with E-state index in [4.69, 9.17) is 21.1 Å². The fraction of sp³-hybridized carbons (Fsp3) is 0.429. The number of carbonyl (C=O) groups is 1. The molecule has 196 valence electrons. The first-order chi connectivity index (χ1) is 18.0. The van der Waals surface area contributed by atoms with E-state index in [9.17, 15) is 4.79 Å². The lowest BCUT2D eigenvalue weighted by Crippen LogP contribution is -2.48. The largest absolute Gasteiger partial charge is 0.368 e. The van der Waals surface area contributed by atoms with Crippen LogP contribution in [0.2, 0.25) is 5.02 Å². The molecule has 2 aromatic carbocycles. The zero-order chi connectivity index (χ0) is 25.7. The van der Waals surface area contributed by atoms with Crippen LogP contribution in [0.15, 0.2) is 72.1 Å². The summed E-state index contributed by atoms with van der Waals surface area (Å²) in [6.07, 6.45) is 7.13. The number of hydrogen-bond donors (Lipinski definition) is 0. The summed E-state index contributed by atoms with van der Waals surface area (Å²) >= 11 is 7.84. The van der Waals surface area contributed by atoms with E-state index in [1.807, 2.05) is 27.8 Å². The van der Waals surface area contributed by atoms with Crippen molar-refractivity contribution in [1.82, 2.24) is 14.5 Å². The summed E-state index contributed by atoms with van der Waals surface area (Å²) in [5, 5.41) is 0.742. The van der Waals surface area contributed by atoms with Crippen molar-refractivity contribution >= 4 is 35.0 Å². The van der Waals surface area contributed by atoms with Crippen molar-refractivity contribution in [1.29, 1.82) is 0 Å². The quantitative estimate of drug-likeness (QED) is 0.365. The van der Waals surface area contributed by atoms with Gasteiger partial charge in [-0.05, 0) is 48.4 Å². The maximum atomic E-state index is 11.6. The molecule has 7 nitrogen and oxygen atoms in total. The topological polar surface area (TPSA) is 59.8 Å². The zero-order valence-corrected chi connectivity index (χ0v) is 22.7. The van der Waals surface area contributed by atoms with Crippen molar-refractivity contribution in [3.8, 4) is 0 Å². The second kappa shape index (κ2) is 11.9. The summed E-state index contributed by atoms with van der Waals surface area (Å²) in [5.74, 6) is 0.296. The van der Waals surface area contributed by atoms with Gasteiger partial charge in [-0.15, -0.1) is 11.8 Å². The van der Waals surface area contributed by atoms with Gasteiger partial charge in [-0.2, -0.15) is 0 Å². The normalized spacial score (nSPS) is 21.9. The van der Waals surface area contributed by atoms with Gasteiger partial charge in [0.2, 0.25) is 5.91 Å². The number of imidazole rings is 1. The summed E-state index contributed by atoms with van der Waals surface area (Å²) in [4.78, 5) is 21.2. The molecule has 3 aromatic rings. The molecule has 2 fully saturated rings. The summed E-state index contributed by atoms with van der Waals surface area (Å²) in [5.41, 5.74) is 2.41. The Morgan fingerprint density at radius 3 is 2.54 bits per heavy atom. The van der Waals surface area contributed by atoms with Crippen LogP contribution in [0.1, 0.15) is 18.9 Å². The minimum absolute atomic E-state index is 0.0121. The molecule has 1 aromatic heterocycles. The molecular weight excluding hydrogens is 508 g/mol. The smallest absolute Gasteiger partial charge is 0.219 e. The number of amides is 1. The highest BCUT2D eigenvalue weighted by Crippen LogP contribution is 2.34. The SMILES string of the molecule is CC(=O)N1CCN(c2ccc(SC[C@@H]3CO[C@](CCc4ccc(Cl)cc4)(Cn4ccnc4)O3)cc2)CC1. The lowest BCUT2D eigenvalue weighted by Gasteiger charge is -2.35. The molecule has 2 aliphatic rings. The van der Waals surface area contributed by atoms with Crippen molar-refractivity contribution in [3.63, 3.8) is 0 Å². The Labute approximate surface area is 227 Å². The predicted octanol–water partition coefficient (Wildman–Crippen LogP) is 4.74. The molecule has 1 amide bonds. The highest BCUT2D eigenvalue weighted by Gasteiger charge is 2.41. The molecule has 3 heterocycles. The van der Waals surface area contributed by atoms with Gasteiger partial charge in [-0.3, -0.25) is 4.79 Å². The molecule has 9 heteroatoms. The fourth-order valence-electron chi connectivity index (χ4n) is 4.86. The van der Waals surface area contributed by atoms with E-state index < -0.39 is 5.79 Å². The van der Waals surface area contributed by atoms with Crippen LogP contribution in [0.3, 0.4) is 0 Å². The Kier molecular flexibility index (Phi) is 8.39. The van der Waals surface area contributed by atoms with Crippen LogP contribution in [0.4, 0.5) is 5.69 Å². The molecule has 0 unspecified atom stereocenters. The van der Waals surface area contributed by atoms with E-state index in [0.29, 0.717) is 13.2 Å². The molecule has 0 spiro atoms. The fourth-order valence-corrected chi connectivity index (χ4v) is 5.86. The lowest BCUT2D eigenvalue weighted by atomic mass is 10.0. The van der Waals surface area contributed by atoms with Crippen LogP contribution in [0.5, 0.6) is 0 Å². The first-order valence-corrected chi connectivity index (χ1v) is 14.1. The number of carbonyl (C=O) groups excluding carboxylic acids is 1. The molecule has 2 aliphatic heterocycles. The number of aryl methyl sites for hydroxylation is 1.